The number of allylic oxidation sites excluding steroid dienone is 11. The summed E-state index contributed by atoms with van der Waals surface area (Å²) in [4.78, 5) is 0. The van der Waals surface area contributed by atoms with Gasteiger partial charge >= 0.3 is 0 Å². The minimum Gasteiger partial charge on any atom is -0.392 e. The highest BCUT2D eigenvalue weighted by Gasteiger charge is 2.26. The van der Waals surface area contributed by atoms with Gasteiger partial charge in [0.2, 0.25) is 0 Å². The first-order chi connectivity index (χ1) is 11.3. The van der Waals surface area contributed by atoms with Crippen LogP contribution >= 0.6 is 0 Å². The summed E-state index contributed by atoms with van der Waals surface area (Å²) in [5, 5.41) is 8.98. The fraction of sp³-hybridized carbons (Fsp3) is 0.478. The Bertz CT molecular complexity index is 604. The van der Waals surface area contributed by atoms with Crippen LogP contribution in [0.25, 0.3) is 0 Å². The van der Waals surface area contributed by atoms with Crippen molar-refractivity contribution in [3.05, 3.63) is 70.4 Å². The second-order valence-corrected chi connectivity index (χ2v) is 7.62. The van der Waals surface area contributed by atoms with Gasteiger partial charge in [0.05, 0.1) is 6.61 Å². The highest BCUT2D eigenvalue weighted by Crippen LogP contribution is 2.40. The van der Waals surface area contributed by atoms with E-state index in [4.69, 9.17) is 5.11 Å². The van der Waals surface area contributed by atoms with Crippen LogP contribution < -0.4 is 0 Å². The topological polar surface area (TPSA) is 20.2 Å². The summed E-state index contributed by atoms with van der Waals surface area (Å²) in [6, 6.07) is 0. The lowest BCUT2D eigenvalue weighted by atomic mass is 9.72. The smallest absolute Gasteiger partial charge is 0.0642 e. The molecule has 0 radical (unpaired) electrons. The van der Waals surface area contributed by atoms with Crippen molar-refractivity contribution in [1.82, 2.24) is 0 Å². The standard InChI is InChI=1S/C23H34O/c1-18(12-13-20(3)17-24)9-7-10-19(2)14-15-22-21(4)11-8-16-23(22,5)6/h7,9-10,12-15,24H,8,11,16-17H2,1-6H3. The monoisotopic (exact) mass is 326 g/mol. The molecule has 1 heteroatoms. The van der Waals surface area contributed by atoms with Gasteiger partial charge in [-0.3, -0.25) is 0 Å². The first kappa shape index (κ1) is 20.4. The van der Waals surface area contributed by atoms with Gasteiger partial charge in [-0.1, -0.05) is 73.1 Å². The Hall–Kier alpha value is -1.60. The first-order valence-corrected chi connectivity index (χ1v) is 8.94. The van der Waals surface area contributed by atoms with Gasteiger partial charge in [-0.2, -0.15) is 0 Å². The van der Waals surface area contributed by atoms with E-state index in [0.29, 0.717) is 5.41 Å². The Balaban J connectivity index is 2.75. The molecule has 0 atom stereocenters. The highest BCUT2D eigenvalue weighted by molar-refractivity contribution is 5.37. The molecule has 1 rings (SSSR count). The molecular formula is C23H34O. The fourth-order valence-electron chi connectivity index (χ4n) is 3.01. The van der Waals surface area contributed by atoms with E-state index in [1.54, 1.807) is 0 Å². The van der Waals surface area contributed by atoms with Crippen LogP contribution in [0.15, 0.2) is 70.4 Å². The minimum absolute atomic E-state index is 0.114. The molecule has 1 N–H and O–H groups in total. The van der Waals surface area contributed by atoms with Crippen LogP contribution in [0.5, 0.6) is 0 Å². The van der Waals surface area contributed by atoms with Crippen LogP contribution in [0.2, 0.25) is 0 Å². The molecule has 0 aromatic rings. The molecule has 0 aromatic carbocycles. The van der Waals surface area contributed by atoms with E-state index in [1.165, 1.54) is 41.6 Å². The SMILES string of the molecule is CC(C=CC1=C(C)CCCC1(C)C)=CC=CC(C)=CC=C(C)CO. The summed E-state index contributed by atoms with van der Waals surface area (Å²) in [7, 11) is 0. The maximum atomic E-state index is 8.98. The molecule has 0 unspecified atom stereocenters. The van der Waals surface area contributed by atoms with Gasteiger partial charge in [-0.25, -0.2) is 0 Å². The van der Waals surface area contributed by atoms with Crippen molar-refractivity contribution < 1.29 is 5.11 Å². The molecule has 1 aliphatic rings. The molecule has 0 saturated heterocycles. The van der Waals surface area contributed by atoms with Crippen LogP contribution in [-0.4, -0.2) is 11.7 Å². The third-order valence-electron chi connectivity index (χ3n) is 4.65. The molecule has 0 fully saturated rings. The summed E-state index contributed by atoms with van der Waals surface area (Å²) >= 11 is 0. The summed E-state index contributed by atoms with van der Waals surface area (Å²) < 4.78 is 0. The summed E-state index contributed by atoms with van der Waals surface area (Å²) in [5.41, 5.74) is 6.73. The number of aliphatic hydroxyl groups excluding tert-OH is 1. The largest absolute Gasteiger partial charge is 0.392 e. The molecule has 0 heterocycles. The van der Waals surface area contributed by atoms with Crippen LogP contribution in [0.4, 0.5) is 0 Å². The van der Waals surface area contributed by atoms with Crippen molar-refractivity contribution in [3.8, 4) is 0 Å². The predicted molar refractivity (Wildman–Crippen MR) is 107 cm³/mol. The molecule has 0 saturated carbocycles. The molecule has 0 bridgehead atoms. The summed E-state index contributed by atoms with van der Waals surface area (Å²) in [6.07, 6.45) is 18.7. The Labute approximate surface area is 148 Å². The lowest BCUT2D eigenvalue weighted by molar-refractivity contribution is 0.331. The molecule has 1 aliphatic carbocycles. The number of hydrogen-bond donors (Lipinski definition) is 1. The highest BCUT2D eigenvalue weighted by atomic mass is 16.3. The van der Waals surface area contributed by atoms with E-state index < -0.39 is 0 Å². The zero-order chi connectivity index (χ0) is 18.2. The third kappa shape index (κ3) is 6.88. The quantitative estimate of drug-likeness (QED) is 0.556. The average molecular weight is 327 g/mol. The maximum Gasteiger partial charge on any atom is 0.0642 e. The zero-order valence-electron chi connectivity index (χ0n) is 16.3. The Kier molecular flexibility index (Phi) is 8.21. The van der Waals surface area contributed by atoms with E-state index in [1.807, 2.05) is 19.1 Å². The zero-order valence-corrected chi connectivity index (χ0v) is 16.3. The molecule has 1 nitrogen and oxygen atoms in total. The Morgan fingerprint density at radius 1 is 1.04 bits per heavy atom. The Morgan fingerprint density at radius 3 is 2.33 bits per heavy atom. The van der Waals surface area contributed by atoms with Gasteiger partial charge < -0.3 is 5.11 Å². The van der Waals surface area contributed by atoms with Gasteiger partial charge in [0.15, 0.2) is 0 Å². The summed E-state index contributed by atoms with van der Waals surface area (Å²) in [5.74, 6) is 0. The van der Waals surface area contributed by atoms with E-state index in [2.05, 4.69) is 65.0 Å². The molecular weight excluding hydrogens is 292 g/mol. The first-order valence-electron chi connectivity index (χ1n) is 8.94. The van der Waals surface area contributed by atoms with Crippen molar-refractivity contribution >= 4 is 0 Å². The van der Waals surface area contributed by atoms with Crippen LogP contribution in [0.3, 0.4) is 0 Å². The van der Waals surface area contributed by atoms with E-state index in [9.17, 15) is 0 Å². The number of hydrogen-bond acceptors (Lipinski definition) is 1. The van der Waals surface area contributed by atoms with Crippen molar-refractivity contribution in [2.75, 3.05) is 6.61 Å². The predicted octanol–water partition coefficient (Wildman–Crippen LogP) is 6.46. The lowest BCUT2D eigenvalue weighted by Gasteiger charge is -2.32. The summed E-state index contributed by atoms with van der Waals surface area (Å²) in [6.45, 7) is 13.2. The minimum atomic E-state index is 0.114. The average Bonchev–Trinajstić information content (AvgIpc) is 2.51. The normalized spacial score (nSPS) is 20.5. The van der Waals surface area contributed by atoms with Crippen LogP contribution in [-0.2, 0) is 0 Å². The van der Waals surface area contributed by atoms with Crippen LogP contribution in [0, 0.1) is 5.41 Å². The van der Waals surface area contributed by atoms with E-state index in [-0.39, 0.29) is 6.61 Å². The van der Waals surface area contributed by atoms with E-state index >= 15 is 0 Å². The van der Waals surface area contributed by atoms with Crippen molar-refractivity contribution in [2.24, 2.45) is 5.41 Å². The second kappa shape index (κ2) is 9.64. The van der Waals surface area contributed by atoms with Gasteiger partial charge in [-0.15, -0.1) is 0 Å². The molecule has 0 aliphatic heterocycles. The third-order valence-corrected chi connectivity index (χ3v) is 4.65. The molecule has 0 spiro atoms. The Morgan fingerprint density at radius 2 is 1.71 bits per heavy atom. The fourth-order valence-corrected chi connectivity index (χ4v) is 3.01. The van der Waals surface area contributed by atoms with Gasteiger partial charge in [0.1, 0.15) is 0 Å². The van der Waals surface area contributed by atoms with Crippen molar-refractivity contribution in [1.29, 1.82) is 0 Å². The van der Waals surface area contributed by atoms with E-state index in [0.717, 1.165) is 5.57 Å². The van der Waals surface area contributed by atoms with Gasteiger partial charge in [-0.05, 0) is 63.5 Å². The second-order valence-electron chi connectivity index (χ2n) is 7.62. The number of rotatable bonds is 6. The molecule has 132 valence electrons. The number of aliphatic hydroxyl groups is 1. The van der Waals surface area contributed by atoms with Gasteiger partial charge in [0, 0.05) is 0 Å². The molecule has 24 heavy (non-hydrogen) atoms. The van der Waals surface area contributed by atoms with Gasteiger partial charge in [0.25, 0.3) is 0 Å². The molecule has 0 amide bonds. The van der Waals surface area contributed by atoms with Crippen LogP contribution in [0.1, 0.15) is 60.8 Å². The van der Waals surface area contributed by atoms with Crippen molar-refractivity contribution in [3.63, 3.8) is 0 Å². The maximum absolute atomic E-state index is 8.98. The molecule has 0 aromatic heterocycles. The lowest BCUT2D eigenvalue weighted by Crippen LogP contribution is -2.19. The van der Waals surface area contributed by atoms with Crippen molar-refractivity contribution in [2.45, 2.75) is 60.8 Å².